The predicted octanol–water partition coefficient (Wildman–Crippen LogP) is 3.12. The second-order valence-corrected chi connectivity index (χ2v) is 5.28. The van der Waals surface area contributed by atoms with Crippen molar-refractivity contribution in [2.24, 2.45) is 0 Å². The van der Waals surface area contributed by atoms with E-state index >= 15 is 0 Å². The fourth-order valence-corrected chi connectivity index (χ4v) is 2.34. The highest BCUT2D eigenvalue weighted by atomic mass is 19.1. The van der Waals surface area contributed by atoms with E-state index < -0.39 is 11.6 Å². The van der Waals surface area contributed by atoms with Crippen molar-refractivity contribution in [2.45, 2.75) is 47.0 Å². The normalized spacial score (nSPS) is 12.5. The molecule has 112 valence electrons. The molecule has 2 heterocycles. The molecule has 0 bridgehead atoms. The van der Waals surface area contributed by atoms with Crippen LogP contribution in [-0.4, -0.2) is 19.9 Å². The van der Waals surface area contributed by atoms with Crippen molar-refractivity contribution in [1.82, 2.24) is 19.9 Å². The number of hydrogen-bond acceptors (Lipinski definition) is 4. The molecule has 2 rings (SSSR count). The lowest BCUT2D eigenvalue weighted by atomic mass is 9.99. The number of aryl methyl sites for hydroxylation is 4. The van der Waals surface area contributed by atoms with Crippen molar-refractivity contribution in [1.29, 1.82) is 0 Å². The molecule has 1 atom stereocenters. The third-order valence-corrected chi connectivity index (χ3v) is 3.32. The van der Waals surface area contributed by atoms with Gasteiger partial charge in [-0.05, 0) is 27.7 Å². The summed E-state index contributed by atoms with van der Waals surface area (Å²) in [5.74, 6) is -0.155. The zero-order chi connectivity index (χ0) is 15.7. The molecule has 0 saturated heterocycles. The fraction of sp³-hybridized carbons (Fsp3) is 0.467. The fourth-order valence-electron chi connectivity index (χ4n) is 2.34. The van der Waals surface area contributed by atoms with Gasteiger partial charge in [0, 0.05) is 12.3 Å². The van der Waals surface area contributed by atoms with Crippen LogP contribution in [0.3, 0.4) is 0 Å². The Balaban J connectivity index is 2.37. The molecule has 0 radical (unpaired) electrons. The van der Waals surface area contributed by atoms with E-state index in [4.69, 9.17) is 0 Å². The largest absolute Gasteiger partial charge is 0.235 e. The Hall–Kier alpha value is -1.98. The lowest BCUT2D eigenvalue weighted by Crippen LogP contribution is -2.12. The molecule has 1 unspecified atom stereocenters. The van der Waals surface area contributed by atoms with Gasteiger partial charge in [0.05, 0.1) is 22.8 Å². The first-order chi connectivity index (χ1) is 9.79. The van der Waals surface area contributed by atoms with Gasteiger partial charge in [-0.2, -0.15) is 0 Å². The smallest absolute Gasteiger partial charge is 0.166 e. The monoisotopic (exact) mass is 292 g/mol. The molecule has 0 aliphatic heterocycles. The van der Waals surface area contributed by atoms with Crippen molar-refractivity contribution < 1.29 is 8.78 Å². The van der Waals surface area contributed by atoms with Gasteiger partial charge in [-0.25, -0.2) is 28.7 Å². The summed E-state index contributed by atoms with van der Waals surface area (Å²) in [6.45, 7) is 8.41. The maximum absolute atomic E-state index is 14.1. The van der Waals surface area contributed by atoms with Crippen LogP contribution in [0.2, 0.25) is 0 Å². The zero-order valence-corrected chi connectivity index (χ0v) is 12.8. The first kappa shape index (κ1) is 15.4. The van der Waals surface area contributed by atoms with E-state index in [2.05, 4.69) is 19.9 Å². The molecule has 0 spiro atoms. The molecule has 6 heteroatoms. The molecule has 2 aromatic heterocycles. The van der Waals surface area contributed by atoms with E-state index in [0.29, 0.717) is 34.4 Å². The average molecular weight is 292 g/mol. The predicted molar refractivity (Wildman–Crippen MR) is 75.0 cm³/mol. The van der Waals surface area contributed by atoms with Gasteiger partial charge < -0.3 is 0 Å². The van der Waals surface area contributed by atoms with Gasteiger partial charge in [-0.15, -0.1) is 0 Å². The molecule has 0 N–H and O–H groups in total. The zero-order valence-electron chi connectivity index (χ0n) is 12.8. The van der Waals surface area contributed by atoms with Gasteiger partial charge in [0.15, 0.2) is 11.6 Å². The summed E-state index contributed by atoms with van der Waals surface area (Å²) in [4.78, 5) is 16.2. The Morgan fingerprint density at radius 2 is 1.33 bits per heavy atom. The van der Waals surface area contributed by atoms with Gasteiger partial charge in [0.25, 0.3) is 0 Å². The Morgan fingerprint density at radius 1 is 0.810 bits per heavy atom. The molecule has 0 amide bonds. The number of nitrogens with zero attached hydrogens (tertiary/aromatic N) is 4. The highest BCUT2D eigenvalue weighted by Crippen LogP contribution is 2.23. The van der Waals surface area contributed by atoms with Crippen LogP contribution in [0.4, 0.5) is 8.78 Å². The standard InChI is InChI=1S/C15H18F2N4/c1-7(15-14(17)9(3)19-11(5)21-15)6-12-13(16)8(2)18-10(4)20-12/h7H,6H2,1-5H3. The maximum Gasteiger partial charge on any atom is 0.166 e. The van der Waals surface area contributed by atoms with Crippen LogP contribution in [0.5, 0.6) is 0 Å². The molecule has 0 fully saturated rings. The summed E-state index contributed by atoms with van der Waals surface area (Å²) in [6.07, 6.45) is 0.267. The highest BCUT2D eigenvalue weighted by molar-refractivity contribution is 5.21. The van der Waals surface area contributed by atoms with Crippen molar-refractivity contribution >= 4 is 0 Å². The molecule has 21 heavy (non-hydrogen) atoms. The third kappa shape index (κ3) is 3.20. The SMILES string of the molecule is Cc1nc(C)c(F)c(CC(C)c2nc(C)nc(C)c2F)n1. The molecule has 2 aromatic rings. The maximum atomic E-state index is 14.1. The van der Waals surface area contributed by atoms with Crippen LogP contribution in [0.25, 0.3) is 0 Å². The summed E-state index contributed by atoms with van der Waals surface area (Å²) >= 11 is 0. The van der Waals surface area contributed by atoms with Crippen molar-refractivity contribution in [2.75, 3.05) is 0 Å². The van der Waals surface area contributed by atoms with E-state index in [1.54, 1.807) is 34.6 Å². The first-order valence-corrected chi connectivity index (χ1v) is 6.79. The Kier molecular flexibility index (Phi) is 4.25. The molecule has 0 saturated carbocycles. The molecule has 0 aliphatic carbocycles. The van der Waals surface area contributed by atoms with Gasteiger partial charge >= 0.3 is 0 Å². The van der Waals surface area contributed by atoms with Crippen LogP contribution >= 0.6 is 0 Å². The second-order valence-electron chi connectivity index (χ2n) is 5.28. The van der Waals surface area contributed by atoms with Crippen molar-refractivity contribution in [3.8, 4) is 0 Å². The third-order valence-electron chi connectivity index (χ3n) is 3.32. The quantitative estimate of drug-likeness (QED) is 0.872. The van der Waals surface area contributed by atoms with Gasteiger partial charge in [-0.3, -0.25) is 0 Å². The Bertz CT molecular complexity index is 686. The van der Waals surface area contributed by atoms with E-state index in [1.807, 2.05) is 0 Å². The molecule has 0 aliphatic rings. The molecule has 4 nitrogen and oxygen atoms in total. The highest BCUT2D eigenvalue weighted by Gasteiger charge is 2.20. The molecule has 0 aromatic carbocycles. The topological polar surface area (TPSA) is 51.6 Å². The number of halogens is 2. The average Bonchev–Trinajstić information content (AvgIpc) is 2.39. The number of aromatic nitrogens is 4. The van der Waals surface area contributed by atoms with Crippen LogP contribution in [0, 0.1) is 39.3 Å². The summed E-state index contributed by atoms with van der Waals surface area (Å²) in [6, 6.07) is 0. The minimum atomic E-state index is -0.435. The number of rotatable bonds is 3. The van der Waals surface area contributed by atoms with Crippen LogP contribution in [-0.2, 0) is 6.42 Å². The number of hydrogen-bond donors (Lipinski definition) is 0. The van der Waals surface area contributed by atoms with Crippen molar-refractivity contribution in [3.05, 3.63) is 46.1 Å². The van der Waals surface area contributed by atoms with Crippen LogP contribution in [0.15, 0.2) is 0 Å². The van der Waals surface area contributed by atoms with E-state index in [1.165, 1.54) is 0 Å². The minimum absolute atomic E-state index is 0.267. The second kappa shape index (κ2) is 5.79. The minimum Gasteiger partial charge on any atom is -0.235 e. The van der Waals surface area contributed by atoms with Crippen LogP contribution < -0.4 is 0 Å². The summed E-state index contributed by atoms with van der Waals surface area (Å²) in [5.41, 5.74) is 1.20. The van der Waals surface area contributed by atoms with Gasteiger partial charge in [0.2, 0.25) is 0 Å². The van der Waals surface area contributed by atoms with Crippen molar-refractivity contribution in [3.63, 3.8) is 0 Å². The van der Waals surface area contributed by atoms with E-state index in [9.17, 15) is 8.78 Å². The van der Waals surface area contributed by atoms with E-state index in [0.717, 1.165) is 0 Å². The van der Waals surface area contributed by atoms with E-state index in [-0.39, 0.29) is 12.3 Å². The van der Waals surface area contributed by atoms with Gasteiger partial charge in [-0.1, -0.05) is 6.92 Å². The summed E-state index contributed by atoms with van der Waals surface area (Å²) in [7, 11) is 0. The van der Waals surface area contributed by atoms with Crippen LogP contribution in [0.1, 0.15) is 47.3 Å². The molecular formula is C15H18F2N4. The first-order valence-electron chi connectivity index (χ1n) is 6.79. The summed E-state index contributed by atoms with van der Waals surface area (Å²) in [5, 5.41) is 0. The lowest BCUT2D eigenvalue weighted by Gasteiger charge is -2.14. The lowest BCUT2D eigenvalue weighted by molar-refractivity contribution is 0.530. The summed E-state index contributed by atoms with van der Waals surface area (Å²) < 4.78 is 28.2. The molecular weight excluding hydrogens is 274 g/mol. The van der Waals surface area contributed by atoms with Gasteiger partial charge in [0.1, 0.15) is 11.6 Å². The Labute approximate surface area is 122 Å². The Morgan fingerprint density at radius 3 is 1.95 bits per heavy atom.